The SMILES string of the molecule is CC(CN)N1CCCN(C(C)C)C(=O)C1. The van der Waals surface area contributed by atoms with E-state index in [9.17, 15) is 4.79 Å². The number of carbonyl (C=O) groups is 1. The highest BCUT2D eigenvalue weighted by Gasteiger charge is 2.25. The first-order valence-electron chi connectivity index (χ1n) is 5.79. The van der Waals surface area contributed by atoms with Crippen molar-refractivity contribution in [2.45, 2.75) is 39.3 Å². The molecule has 1 saturated heterocycles. The maximum atomic E-state index is 11.9. The van der Waals surface area contributed by atoms with E-state index in [4.69, 9.17) is 5.73 Å². The molecule has 88 valence electrons. The fourth-order valence-electron chi connectivity index (χ4n) is 1.98. The quantitative estimate of drug-likeness (QED) is 0.732. The van der Waals surface area contributed by atoms with Crippen LogP contribution in [0.2, 0.25) is 0 Å². The minimum absolute atomic E-state index is 0.239. The van der Waals surface area contributed by atoms with Gasteiger partial charge >= 0.3 is 0 Å². The highest BCUT2D eigenvalue weighted by Crippen LogP contribution is 2.10. The number of amides is 1. The summed E-state index contributed by atoms with van der Waals surface area (Å²) in [5, 5.41) is 0. The van der Waals surface area contributed by atoms with Gasteiger partial charge in [-0.2, -0.15) is 0 Å². The summed E-state index contributed by atoms with van der Waals surface area (Å²) in [4.78, 5) is 16.1. The van der Waals surface area contributed by atoms with E-state index >= 15 is 0 Å². The smallest absolute Gasteiger partial charge is 0.236 e. The molecule has 1 atom stereocenters. The van der Waals surface area contributed by atoms with Gasteiger partial charge in [0.2, 0.25) is 5.91 Å². The third kappa shape index (κ3) is 3.18. The van der Waals surface area contributed by atoms with Crippen LogP contribution >= 0.6 is 0 Å². The average Bonchev–Trinajstić information content (AvgIpc) is 2.38. The molecular weight excluding hydrogens is 190 g/mol. The summed E-state index contributed by atoms with van der Waals surface area (Å²) >= 11 is 0. The van der Waals surface area contributed by atoms with Crippen molar-refractivity contribution in [1.29, 1.82) is 0 Å². The Morgan fingerprint density at radius 1 is 1.33 bits per heavy atom. The Hall–Kier alpha value is -0.610. The normalized spacial score (nSPS) is 21.9. The number of carbonyl (C=O) groups excluding carboxylic acids is 1. The van der Waals surface area contributed by atoms with Crippen LogP contribution in [0.4, 0.5) is 0 Å². The fraction of sp³-hybridized carbons (Fsp3) is 0.909. The van der Waals surface area contributed by atoms with Crippen molar-refractivity contribution in [1.82, 2.24) is 9.80 Å². The zero-order chi connectivity index (χ0) is 11.4. The van der Waals surface area contributed by atoms with Crippen LogP contribution in [0.3, 0.4) is 0 Å². The zero-order valence-electron chi connectivity index (χ0n) is 10.1. The van der Waals surface area contributed by atoms with Gasteiger partial charge < -0.3 is 10.6 Å². The van der Waals surface area contributed by atoms with Crippen LogP contribution in [0.1, 0.15) is 27.2 Å². The molecule has 1 aliphatic heterocycles. The summed E-state index contributed by atoms with van der Waals surface area (Å²) in [6.07, 6.45) is 1.05. The molecule has 0 aliphatic carbocycles. The highest BCUT2D eigenvalue weighted by atomic mass is 16.2. The van der Waals surface area contributed by atoms with Gasteiger partial charge in [-0.25, -0.2) is 0 Å². The largest absolute Gasteiger partial charge is 0.339 e. The summed E-state index contributed by atoms with van der Waals surface area (Å²) in [6.45, 7) is 9.22. The monoisotopic (exact) mass is 213 g/mol. The van der Waals surface area contributed by atoms with E-state index in [1.807, 2.05) is 4.90 Å². The Morgan fingerprint density at radius 2 is 2.00 bits per heavy atom. The zero-order valence-corrected chi connectivity index (χ0v) is 10.1. The van der Waals surface area contributed by atoms with Gasteiger partial charge in [-0.3, -0.25) is 9.69 Å². The molecule has 4 nitrogen and oxygen atoms in total. The molecule has 1 unspecified atom stereocenters. The first kappa shape index (κ1) is 12.5. The van der Waals surface area contributed by atoms with E-state index in [1.54, 1.807) is 0 Å². The standard InChI is InChI=1S/C11H23N3O/c1-9(2)14-6-4-5-13(8-11(14)15)10(3)7-12/h9-10H,4-8,12H2,1-3H3. The Balaban J connectivity index is 2.61. The van der Waals surface area contributed by atoms with Gasteiger partial charge in [0.15, 0.2) is 0 Å². The molecule has 0 radical (unpaired) electrons. The molecule has 0 spiro atoms. The minimum atomic E-state index is 0.239. The summed E-state index contributed by atoms with van der Waals surface area (Å²) < 4.78 is 0. The van der Waals surface area contributed by atoms with Crippen LogP contribution in [-0.2, 0) is 4.79 Å². The fourth-order valence-corrected chi connectivity index (χ4v) is 1.98. The number of hydrogen-bond acceptors (Lipinski definition) is 3. The van der Waals surface area contributed by atoms with E-state index in [0.29, 0.717) is 25.2 Å². The van der Waals surface area contributed by atoms with Crippen LogP contribution < -0.4 is 5.73 Å². The van der Waals surface area contributed by atoms with Crippen molar-refractivity contribution in [2.24, 2.45) is 5.73 Å². The van der Waals surface area contributed by atoms with Crippen molar-refractivity contribution in [3.63, 3.8) is 0 Å². The predicted molar refractivity (Wildman–Crippen MR) is 61.6 cm³/mol. The molecule has 0 aromatic rings. The van der Waals surface area contributed by atoms with Gasteiger partial charge in [0.1, 0.15) is 0 Å². The van der Waals surface area contributed by atoms with Crippen molar-refractivity contribution in [2.75, 3.05) is 26.2 Å². The molecule has 1 aliphatic rings. The number of nitrogens with zero attached hydrogens (tertiary/aromatic N) is 2. The highest BCUT2D eigenvalue weighted by molar-refractivity contribution is 5.78. The third-order valence-electron chi connectivity index (χ3n) is 3.09. The molecule has 1 fully saturated rings. The van der Waals surface area contributed by atoms with Crippen molar-refractivity contribution < 1.29 is 4.79 Å². The molecule has 15 heavy (non-hydrogen) atoms. The lowest BCUT2D eigenvalue weighted by Crippen LogP contribution is -2.44. The number of hydrogen-bond donors (Lipinski definition) is 1. The van der Waals surface area contributed by atoms with Crippen LogP contribution in [0.15, 0.2) is 0 Å². The summed E-state index contributed by atoms with van der Waals surface area (Å²) in [5.74, 6) is 0.239. The topological polar surface area (TPSA) is 49.6 Å². The van der Waals surface area contributed by atoms with Gasteiger partial charge in [0.05, 0.1) is 6.54 Å². The van der Waals surface area contributed by atoms with E-state index < -0.39 is 0 Å². The van der Waals surface area contributed by atoms with Crippen molar-refractivity contribution in [3.05, 3.63) is 0 Å². The maximum absolute atomic E-state index is 11.9. The summed E-state index contributed by atoms with van der Waals surface area (Å²) in [7, 11) is 0. The molecule has 1 heterocycles. The number of nitrogens with two attached hydrogens (primary N) is 1. The number of rotatable bonds is 3. The van der Waals surface area contributed by atoms with Crippen LogP contribution in [0.25, 0.3) is 0 Å². The van der Waals surface area contributed by atoms with Gasteiger partial charge in [-0.15, -0.1) is 0 Å². The second-order valence-electron chi connectivity index (χ2n) is 4.59. The van der Waals surface area contributed by atoms with Gasteiger partial charge in [-0.1, -0.05) is 0 Å². The lowest BCUT2D eigenvalue weighted by molar-refractivity contribution is -0.133. The molecule has 4 heteroatoms. The molecule has 0 aromatic heterocycles. The molecular formula is C11H23N3O. The van der Waals surface area contributed by atoms with E-state index in [1.165, 1.54) is 0 Å². The molecule has 1 rings (SSSR count). The molecule has 0 saturated carbocycles. The van der Waals surface area contributed by atoms with Crippen LogP contribution in [-0.4, -0.2) is 54.0 Å². The first-order chi connectivity index (χ1) is 7.06. The summed E-state index contributed by atoms with van der Waals surface area (Å²) in [5.41, 5.74) is 5.63. The Morgan fingerprint density at radius 3 is 2.53 bits per heavy atom. The Bertz CT molecular complexity index is 218. The van der Waals surface area contributed by atoms with E-state index in [0.717, 1.165) is 19.5 Å². The third-order valence-corrected chi connectivity index (χ3v) is 3.09. The van der Waals surface area contributed by atoms with Gasteiger partial charge in [0, 0.05) is 31.7 Å². The van der Waals surface area contributed by atoms with E-state index in [-0.39, 0.29) is 5.91 Å². The van der Waals surface area contributed by atoms with Gasteiger partial charge in [-0.05, 0) is 27.2 Å². The average molecular weight is 213 g/mol. The second-order valence-corrected chi connectivity index (χ2v) is 4.59. The molecule has 0 aromatic carbocycles. The second kappa shape index (κ2) is 5.47. The Kier molecular flexibility index (Phi) is 4.54. The summed E-state index contributed by atoms with van der Waals surface area (Å²) in [6, 6.07) is 0.617. The van der Waals surface area contributed by atoms with Crippen molar-refractivity contribution >= 4 is 5.91 Å². The lowest BCUT2D eigenvalue weighted by Gasteiger charge is -2.27. The minimum Gasteiger partial charge on any atom is -0.339 e. The molecule has 1 amide bonds. The first-order valence-corrected chi connectivity index (χ1v) is 5.79. The predicted octanol–water partition coefficient (Wildman–Crippen LogP) is 0.276. The van der Waals surface area contributed by atoms with Gasteiger partial charge in [0.25, 0.3) is 0 Å². The van der Waals surface area contributed by atoms with Crippen molar-refractivity contribution in [3.8, 4) is 0 Å². The molecule has 0 bridgehead atoms. The molecule has 2 N–H and O–H groups in total. The van der Waals surface area contributed by atoms with Crippen LogP contribution in [0, 0.1) is 0 Å². The Labute approximate surface area is 92.4 Å². The van der Waals surface area contributed by atoms with E-state index in [2.05, 4.69) is 25.7 Å². The lowest BCUT2D eigenvalue weighted by atomic mass is 10.2. The van der Waals surface area contributed by atoms with Crippen LogP contribution in [0.5, 0.6) is 0 Å². The maximum Gasteiger partial charge on any atom is 0.236 e.